The average molecular weight is 270 g/mol. The van der Waals surface area contributed by atoms with E-state index in [1.54, 1.807) is 7.05 Å². The van der Waals surface area contributed by atoms with Gasteiger partial charge in [-0.25, -0.2) is 0 Å². The summed E-state index contributed by atoms with van der Waals surface area (Å²) in [6.45, 7) is 7.34. The van der Waals surface area contributed by atoms with Crippen LogP contribution in [0.25, 0.3) is 0 Å². The molecule has 0 aromatic carbocycles. The summed E-state index contributed by atoms with van der Waals surface area (Å²) in [6.07, 6.45) is 3.16. The van der Waals surface area contributed by atoms with Gasteiger partial charge in [0.2, 0.25) is 5.91 Å². The second-order valence-corrected chi connectivity index (χ2v) is 6.00. The first-order chi connectivity index (χ1) is 8.83. The predicted octanol–water partition coefficient (Wildman–Crippen LogP) is 1.32. The number of nitrogens with one attached hydrogen (secondary N) is 1. The van der Waals surface area contributed by atoms with Gasteiger partial charge in [-0.05, 0) is 53.1 Å². The zero-order valence-electron chi connectivity index (χ0n) is 12.5. The Morgan fingerprint density at radius 3 is 2.63 bits per heavy atom. The van der Waals surface area contributed by atoms with Crippen molar-refractivity contribution < 1.29 is 14.3 Å². The highest BCUT2D eigenvalue weighted by Crippen LogP contribution is 2.21. The van der Waals surface area contributed by atoms with E-state index in [4.69, 9.17) is 4.74 Å². The van der Waals surface area contributed by atoms with Crippen molar-refractivity contribution in [2.75, 3.05) is 20.1 Å². The first-order valence-electron chi connectivity index (χ1n) is 7.01. The van der Waals surface area contributed by atoms with Crippen LogP contribution >= 0.6 is 0 Å². The van der Waals surface area contributed by atoms with E-state index in [1.807, 2.05) is 20.8 Å². The zero-order valence-corrected chi connectivity index (χ0v) is 12.5. The second-order valence-electron chi connectivity index (χ2n) is 6.00. The Kier molecular flexibility index (Phi) is 5.79. The molecule has 1 rings (SSSR count). The third-order valence-corrected chi connectivity index (χ3v) is 3.17. The molecule has 1 N–H and O–H groups in total. The maximum absolute atomic E-state index is 12.1. The van der Waals surface area contributed by atoms with Crippen molar-refractivity contribution >= 4 is 11.9 Å². The van der Waals surface area contributed by atoms with Crippen LogP contribution in [0, 0.1) is 0 Å². The highest BCUT2D eigenvalue weighted by atomic mass is 16.6. The number of carbonyl (C=O) groups is 2. The fraction of sp³-hybridized carbons (Fsp3) is 0.857. The number of hydrogen-bond acceptors (Lipinski definition) is 4. The molecular formula is C14H26N2O3. The number of nitrogens with zero attached hydrogens (tertiary/aromatic N) is 1. The van der Waals surface area contributed by atoms with E-state index >= 15 is 0 Å². The molecule has 1 atom stereocenters. The lowest BCUT2D eigenvalue weighted by Gasteiger charge is -2.27. The number of likely N-dealkylation sites (tertiary alicyclic amines) is 1. The third-order valence-electron chi connectivity index (χ3n) is 3.17. The van der Waals surface area contributed by atoms with Gasteiger partial charge in [0.25, 0.3) is 0 Å². The van der Waals surface area contributed by atoms with Crippen LogP contribution in [-0.4, -0.2) is 48.6 Å². The molecule has 0 spiro atoms. The molecule has 1 aliphatic rings. The van der Waals surface area contributed by atoms with E-state index in [1.165, 1.54) is 0 Å². The zero-order chi connectivity index (χ0) is 14.5. The maximum atomic E-state index is 12.1. The summed E-state index contributed by atoms with van der Waals surface area (Å²) >= 11 is 0. The fourth-order valence-electron chi connectivity index (χ4n) is 2.30. The van der Waals surface area contributed by atoms with Gasteiger partial charge in [-0.2, -0.15) is 0 Å². The van der Waals surface area contributed by atoms with Crippen molar-refractivity contribution in [3.8, 4) is 0 Å². The number of amides is 1. The topological polar surface area (TPSA) is 58.6 Å². The van der Waals surface area contributed by atoms with E-state index in [0.717, 1.165) is 32.4 Å². The van der Waals surface area contributed by atoms with Crippen LogP contribution in [0.1, 0.15) is 46.5 Å². The molecule has 1 aliphatic heterocycles. The smallest absolute Gasteiger partial charge is 0.323 e. The van der Waals surface area contributed by atoms with Gasteiger partial charge < -0.3 is 10.1 Å². The van der Waals surface area contributed by atoms with E-state index in [2.05, 4.69) is 10.2 Å². The third kappa shape index (κ3) is 5.59. The molecule has 1 heterocycles. The lowest BCUT2D eigenvalue weighted by molar-refractivity contribution is -0.160. The van der Waals surface area contributed by atoms with Crippen LogP contribution in [0.3, 0.4) is 0 Å². The number of hydrogen-bond donors (Lipinski definition) is 1. The Hall–Kier alpha value is -1.10. The molecule has 0 bridgehead atoms. The summed E-state index contributed by atoms with van der Waals surface area (Å²) < 4.78 is 5.44. The van der Waals surface area contributed by atoms with Crippen LogP contribution in [0.5, 0.6) is 0 Å². The molecule has 5 nitrogen and oxygen atoms in total. The second kappa shape index (κ2) is 6.89. The quantitative estimate of drug-likeness (QED) is 0.765. The normalized spacial score (nSPS) is 20.3. The van der Waals surface area contributed by atoms with Gasteiger partial charge in [-0.15, -0.1) is 0 Å². The van der Waals surface area contributed by atoms with Crippen LogP contribution < -0.4 is 5.32 Å². The molecule has 1 saturated heterocycles. The minimum absolute atomic E-state index is 0.0491. The Labute approximate surface area is 115 Å². The monoisotopic (exact) mass is 270 g/mol. The van der Waals surface area contributed by atoms with Crippen LogP contribution in [0.15, 0.2) is 0 Å². The van der Waals surface area contributed by atoms with Crippen molar-refractivity contribution in [3.63, 3.8) is 0 Å². The Morgan fingerprint density at radius 2 is 2.05 bits per heavy atom. The average Bonchev–Trinajstić information content (AvgIpc) is 2.75. The van der Waals surface area contributed by atoms with E-state index in [-0.39, 0.29) is 17.9 Å². The van der Waals surface area contributed by atoms with Gasteiger partial charge in [0.15, 0.2) is 0 Å². The van der Waals surface area contributed by atoms with Crippen LogP contribution in [0.2, 0.25) is 0 Å². The van der Waals surface area contributed by atoms with Gasteiger partial charge in [-0.1, -0.05) is 0 Å². The minimum Gasteiger partial charge on any atom is -0.459 e. The van der Waals surface area contributed by atoms with Crippen molar-refractivity contribution in [2.45, 2.75) is 58.1 Å². The highest BCUT2D eigenvalue weighted by molar-refractivity contribution is 5.77. The fourth-order valence-corrected chi connectivity index (χ4v) is 2.30. The first kappa shape index (κ1) is 16.0. The molecule has 5 heteroatoms. The van der Waals surface area contributed by atoms with E-state index < -0.39 is 5.60 Å². The van der Waals surface area contributed by atoms with Gasteiger partial charge in [-0.3, -0.25) is 14.5 Å². The molecule has 19 heavy (non-hydrogen) atoms. The highest BCUT2D eigenvalue weighted by Gasteiger charge is 2.33. The lowest BCUT2D eigenvalue weighted by atomic mass is 10.1. The number of esters is 1. The van der Waals surface area contributed by atoms with Gasteiger partial charge >= 0.3 is 5.97 Å². The van der Waals surface area contributed by atoms with Crippen LogP contribution in [-0.2, 0) is 14.3 Å². The summed E-state index contributed by atoms with van der Waals surface area (Å²) in [4.78, 5) is 25.4. The predicted molar refractivity (Wildman–Crippen MR) is 73.7 cm³/mol. The summed E-state index contributed by atoms with van der Waals surface area (Å²) in [5.74, 6) is -0.0852. The molecular weight excluding hydrogens is 244 g/mol. The largest absolute Gasteiger partial charge is 0.459 e. The number of ether oxygens (including phenoxy) is 1. The summed E-state index contributed by atoms with van der Waals surface area (Å²) in [7, 11) is 1.64. The first-order valence-corrected chi connectivity index (χ1v) is 7.01. The van der Waals surface area contributed by atoms with Crippen molar-refractivity contribution in [2.24, 2.45) is 0 Å². The van der Waals surface area contributed by atoms with Crippen molar-refractivity contribution in [3.05, 3.63) is 0 Å². The van der Waals surface area contributed by atoms with Crippen LogP contribution in [0.4, 0.5) is 0 Å². The number of rotatable bonds is 5. The SMILES string of the molecule is CNC(=O)CCCN1CCC[C@@H]1C(=O)OC(C)(C)C. The van der Waals surface area contributed by atoms with Crippen molar-refractivity contribution in [1.82, 2.24) is 10.2 Å². The van der Waals surface area contributed by atoms with Gasteiger partial charge in [0.05, 0.1) is 0 Å². The lowest BCUT2D eigenvalue weighted by Crippen LogP contribution is -2.41. The van der Waals surface area contributed by atoms with Gasteiger partial charge in [0.1, 0.15) is 11.6 Å². The molecule has 0 unspecified atom stereocenters. The summed E-state index contributed by atoms with van der Waals surface area (Å²) in [5.41, 5.74) is -0.437. The Balaban J connectivity index is 2.41. The summed E-state index contributed by atoms with van der Waals surface area (Å²) in [6, 6.07) is -0.135. The maximum Gasteiger partial charge on any atom is 0.323 e. The van der Waals surface area contributed by atoms with Crippen molar-refractivity contribution in [1.29, 1.82) is 0 Å². The standard InChI is InChI=1S/C14H26N2O3/c1-14(2,3)19-13(18)11-7-5-9-16(11)10-6-8-12(17)15-4/h11H,5-10H2,1-4H3,(H,15,17)/t11-/m1/s1. The summed E-state index contributed by atoms with van der Waals surface area (Å²) in [5, 5.41) is 2.61. The minimum atomic E-state index is -0.437. The van der Waals surface area contributed by atoms with Gasteiger partial charge in [0, 0.05) is 13.5 Å². The molecule has 0 saturated carbocycles. The molecule has 0 aliphatic carbocycles. The Morgan fingerprint density at radius 1 is 1.37 bits per heavy atom. The Bertz CT molecular complexity index is 323. The molecule has 0 radical (unpaired) electrons. The molecule has 0 aromatic heterocycles. The van der Waals surface area contributed by atoms with E-state index in [0.29, 0.717) is 6.42 Å². The molecule has 1 amide bonds. The molecule has 110 valence electrons. The molecule has 1 fully saturated rings. The number of carbonyl (C=O) groups excluding carboxylic acids is 2. The molecule has 0 aromatic rings. The van der Waals surface area contributed by atoms with E-state index in [9.17, 15) is 9.59 Å².